The summed E-state index contributed by atoms with van der Waals surface area (Å²) in [5, 5.41) is 0. The second kappa shape index (κ2) is 7.39. The van der Waals surface area contributed by atoms with Crippen LogP contribution in [0.3, 0.4) is 0 Å². The summed E-state index contributed by atoms with van der Waals surface area (Å²) >= 11 is 3.46. The number of nitrogens with zero attached hydrogens (tertiary/aromatic N) is 2. The van der Waals surface area contributed by atoms with Crippen molar-refractivity contribution in [3.63, 3.8) is 0 Å². The molecule has 5 nitrogen and oxygen atoms in total. The summed E-state index contributed by atoms with van der Waals surface area (Å²) in [4.78, 5) is 0.285. The number of methoxy groups -OCH3 is 1. The molecule has 7 heteroatoms. The van der Waals surface area contributed by atoms with Crippen molar-refractivity contribution in [3.8, 4) is 5.75 Å². The summed E-state index contributed by atoms with van der Waals surface area (Å²) in [7, 11) is -2.10. The number of rotatable bonds is 4. The molecule has 1 aromatic heterocycles. The van der Waals surface area contributed by atoms with Crippen LogP contribution in [0.5, 0.6) is 5.75 Å². The SMILES string of the molecule is COc1ccc(S(=O)(=O)N2CCn3cccc3[C@@H]2c2ccc(Br)cc2)cc1C. The van der Waals surface area contributed by atoms with Crippen LogP contribution >= 0.6 is 15.9 Å². The van der Waals surface area contributed by atoms with Crippen LogP contribution in [0.15, 0.2) is 70.2 Å². The Labute approximate surface area is 173 Å². The van der Waals surface area contributed by atoms with Crippen molar-refractivity contribution < 1.29 is 13.2 Å². The molecule has 0 saturated carbocycles. The van der Waals surface area contributed by atoms with E-state index in [2.05, 4.69) is 20.5 Å². The number of fused-ring (bicyclic) bond motifs is 1. The predicted octanol–water partition coefficient (Wildman–Crippen LogP) is 4.36. The van der Waals surface area contributed by atoms with Crippen molar-refractivity contribution in [1.29, 1.82) is 0 Å². The first-order valence-corrected chi connectivity index (χ1v) is 11.2. The fourth-order valence-corrected chi connectivity index (χ4v) is 5.68. The Balaban J connectivity index is 1.82. The summed E-state index contributed by atoms with van der Waals surface area (Å²) < 4.78 is 37.1. The molecule has 4 rings (SSSR count). The molecule has 1 atom stereocenters. The van der Waals surface area contributed by atoms with E-state index in [1.807, 2.05) is 49.5 Å². The molecule has 0 N–H and O–H groups in total. The van der Waals surface area contributed by atoms with Gasteiger partial charge in [0.15, 0.2) is 0 Å². The van der Waals surface area contributed by atoms with Crippen molar-refractivity contribution in [1.82, 2.24) is 8.87 Å². The van der Waals surface area contributed by atoms with Crippen LogP contribution in [0.1, 0.15) is 22.9 Å². The van der Waals surface area contributed by atoms with Gasteiger partial charge in [0, 0.05) is 29.5 Å². The largest absolute Gasteiger partial charge is 0.496 e. The van der Waals surface area contributed by atoms with Gasteiger partial charge < -0.3 is 9.30 Å². The number of aryl methyl sites for hydroxylation is 1. The van der Waals surface area contributed by atoms with Crippen LogP contribution in [-0.2, 0) is 16.6 Å². The van der Waals surface area contributed by atoms with Gasteiger partial charge in [0.05, 0.1) is 18.0 Å². The van der Waals surface area contributed by atoms with Crippen LogP contribution in [-0.4, -0.2) is 30.9 Å². The molecule has 0 amide bonds. The Bertz CT molecular complexity index is 1110. The quantitative estimate of drug-likeness (QED) is 0.580. The van der Waals surface area contributed by atoms with Crippen molar-refractivity contribution in [2.75, 3.05) is 13.7 Å². The van der Waals surface area contributed by atoms with Gasteiger partial charge in [0.25, 0.3) is 0 Å². The summed E-state index contributed by atoms with van der Waals surface area (Å²) in [5.41, 5.74) is 2.71. The Morgan fingerprint density at radius 2 is 1.82 bits per heavy atom. The summed E-state index contributed by atoms with van der Waals surface area (Å²) in [6.45, 7) is 2.89. The molecule has 0 radical (unpaired) electrons. The maximum absolute atomic E-state index is 13.6. The average Bonchev–Trinajstić information content (AvgIpc) is 3.16. The maximum Gasteiger partial charge on any atom is 0.244 e. The lowest BCUT2D eigenvalue weighted by molar-refractivity contribution is 0.298. The lowest BCUT2D eigenvalue weighted by Crippen LogP contribution is -2.42. The number of halogens is 1. The van der Waals surface area contributed by atoms with Crippen LogP contribution in [0.25, 0.3) is 0 Å². The molecule has 3 aromatic rings. The van der Waals surface area contributed by atoms with E-state index < -0.39 is 10.0 Å². The van der Waals surface area contributed by atoms with E-state index in [9.17, 15) is 8.42 Å². The number of hydrogen-bond donors (Lipinski definition) is 0. The highest BCUT2D eigenvalue weighted by atomic mass is 79.9. The smallest absolute Gasteiger partial charge is 0.244 e. The van der Waals surface area contributed by atoms with E-state index in [-0.39, 0.29) is 10.9 Å². The number of ether oxygens (including phenoxy) is 1. The molecule has 2 aromatic carbocycles. The third-order valence-corrected chi connectivity index (χ3v) is 7.54. The molecule has 1 aliphatic heterocycles. The molecule has 0 unspecified atom stereocenters. The van der Waals surface area contributed by atoms with Gasteiger partial charge in [-0.2, -0.15) is 4.31 Å². The van der Waals surface area contributed by atoms with E-state index in [4.69, 9.17) is 4.74 Å². The third kappa shape index (κ3) is 3.27. The highest BCUT2D eigenvalue weighted by molar-refractivity contribution is 9.10. The van der Waals surface area contributed by atoms with Gasteiger partial charge in [-0.1, -0.05) is 28.1 Å². The molecule has 2 heterocycles. The molecule has 28 heavy (non-hydrogen) atoms. The van der Waals surface area contributed by atoms with Crippen LogP contribution in [0.2, 0.25) is 0 Å². The number of benzene rings is 2. The molecule has 0 bridgehead atoms. The first kappa shape index (κ1) is 19.2. The number of aromatic nitrogens is 1. The van der Waals surface area contributed by atoms with E-state index >= 15 is 0 Å². The van der Waals surface area contributed by atoms with Crippen LogP contribution in [0, 0.1) is 6.92 Å². The zero-order valence-electron chi connectivity index (χ0n) is 15.7. The van der Waals surface area contributed by atoms with Crippen molar-refractivity contribution in [3.05, 3.63) is 82.1 Å². The third-order valence-electron chi connectivity index (χ3n) is 5.15. The first-order chi connectivity index (χ1) is 13.4. The maximum atomic E-state index is 13.6. The normalized spacial score (nSPS) is 17.3. The monoisotopic (exact) mass is 460 g/mol. The minimum atomic E-state index is -3.68. The molecule has 146 valence electrons. The zero-order valence-corrected chi connectivity index (χ0v) is 18.1. The van der Waals surface area contributed by atoms with Gasteiger partial charge in [-0.25, -0.2) is 8.42 Å². The van der Waals surface area contributed by atoms with E-state index in [0.29, 0.717) is 18.8 Å². The zero-order chi connectivity index (χ0) is 19.9. The van der Waals surface area contributed by atoms with Gasteiger partial charge in [0.2, 0.25) is 10.0 Å². The first-order valence-electron chi connectivity index (χ1n) is 8.99. The summed E-state index contributed by atoms with van der Waals surface area (Å²) in [6, 6.07) is 16.4. The second-order valence-corrected chi connectivity index (χ2v) is 9.63. The van der Waals surface area contributed by atoms with E-state index in [1.165, 1.54) is 0 Å². The van der Waals surface area contributed by atoms with Gasteiger partial charge in [-0.05, 0) is 60.5 Å². The highest BCUT2D eigenvalue weighted by Crippen LogP contribution is 2.37. The Kier molecular flexibility index (Phi) is 5.07. The minimum absolute atomic E-state index is 0.285. The Morgan fingerprint density at radius 1 is 1.07 bits per heavy atom. The minimum Gasteiger partial charge on any atom is -0.496 e. The molecular formula is C21H21BrN2O3S. The fraction of sp³-hybridized carbons (Fsp3) is 0.238. The van der Waals surface area contributed by atoms with Gasteiger partial charge in [0.1, 0.15) is 5.75 Å². The van der Waals surface area contributed by atoms with Gasteiger partial charge >= 0.3 is 0 Å². The lowest BCUT2D eigenvalue weighted by Gasteiger charge is -2.36. The van der Waals surface area contributed by atoms with Crippen LogP contribution < -0.4 is 4.74 Å². The van der Waals surface area contributed by atoms with Gasteiger partial charge in [-0.15, -0.1) is 0 Å². The van der Waals surface area contributed by atoms with Crippen molar-refractivity contribution in [2.45, 2.75) is 24.4 Å². The van der Waals surface area contributed by atoms with E-state index in [1.54, 1.807) is 29.6 Å². The van der Waals surface area contributed by atoms with Crippen LogP contribution in [0.4, 0.5) is 0 Å². The van der Waals surface area contributed by atoms with Gasteiger partial charge in [-0.3, -0.25) is 0 Å². The second-order valence-electron chi connectivity index (χ2n) is 6.83. The highest BCUT2D eigenvalue weighted by Gasteiger charge is 2.37. The molecule has 0 saturated heterocycles. The molecular weight excluding hydrogens is 440 g/mol. The standard InChI is InChI=1S/C21H21BrN2O3S/c1-15-14-18(9-10-20(15)27-2)28(25,26)24-13-12-23-11-3-4-19(23)21(24)16-5-7-17(22)8-6-16/h3-11,14,21H,12-13H2,1-2H3/t21-/m0/s1. The predicted molar refractivity (Wildman–Crippen MR) is 112 cm³/mol. The summed E-state index contributed by atoms with van der Waals surface area (Å²) in [6.07, 6.45) is 2.00. The van der Waals surface area contributed by atoms with E-state index in [0.717, 1.165) is 21.3 Å². The molecule has 1 aliphatic rings. The molecule has 0 fully saturated rings. The molecule has 0 spiro atoms. The van der Waals surface area contributed by atoms with Crippen molar-refractivity contribution in [2.24, 2.45) is 0 Å². The van der Waals surface area contributed by atoms with Crippen molar-refractivity contribution >= 4 is 26.0 Å². The number of sulfonamides is 1. The Morgan fingerprint density at radius 3 is 2.50 bits per heavy atom. The molecule has 0 aliphatic carbocycles. The topological polar surface area (TPSA) is 51.5 Å². The lowest BCUT2D eigenvalue weighted by atomic mass is 10.0. The number of hydrogen-bond acceptors (Lipinski definition) is 3. The summed E-state index contributed by atoms with van der Waals surface area (Å²) in [5.74, 6) is 0.677. The Hall–Kier alpha value is -2.09. The fourth-order valence-electron chi connectivity index (χ4n) is 3.75. The average molecular weight is 461 g/mol.